The van der Waals surface area contributed by atoms with Gasteiger partial charge in [-0.3, -0.25) is 9.59 Å². The lowest BCUT2D eigenvalue weighted by molar-refractivity contribution is -0.141. The van der Waals surface area contributed by atoms with Crippen LogP contribution in [0.1, 0.15) is 53.3 Å². The third kappa shape index (κ3) is 4.14. The number of ether oxygens (including phenoxy) is 1. The number of hydrogen-bond acceptors (Lipinski definition) is 5. The molecule has 1 saturated carbocycles. The number of carbonyl (C=O) groups is 2. The van der Waals surface area contributed by atoms with Crippen LogP contribution in [0.3, 0.4) is 0 Å². The highest BCUT2D eigenvalue weighted by Crippen LogP contribution is 2.44. The standard InChI is InChI=1S/C28H27NO4S/c1-18-16-20(13-14-22(18)33-17-19-8-3-2-4-9-19)26(30)24-25(23-12-7-15-34-23)29(28(32)27(24)31)21-10-5-6-11-21/h2-4,7-9,12-16,21,25,30H,5-6,10-11,17H2,1H3/b26-24-. The molecule has 2 heterocycles. The van der Waals surface area contributed by atoms with Crippen molar-refractivity contribution in [1.82, 2.24) is 4.90 Å². The maximum Gasteiger partial charge on any atom is 0.295 e. The van der Waals surface area contributed by atoms with E-state index >= 15 is 0 Å². The first kappa shape index (κ1) is 22.4. The van der Waals surface area contributed by atoms with Gasteiger partial charge in [0.25, 0.3) is 11.7 Å². The van der Waals surface area contributed by atoms with Gasteiger partial charge in [0.15, 0.2) is 0 Å². The fourth-order valence-corrected chi connectivity index (χ4v) is 5.82. The van der Waals surface area contributed by atoms with E-state index in [1.165, 1.54) is 11.3 Å². The molecule has 2 fully saturated rings. The first-order valence-corrected chi connectivity index (χ1v) is 12.5. The molecule has 174 valence electrons. The van der Waals surface area contributed by atoms with Crippen molar-refractivity contribution in [2.75, 3.05) is 0 Å². The molecular formula is C28H27NO4S. The van der Waals surface area contributed by atoms with Crippen LogP contribution in [0.5, 0.6) is 5.75 Å². The zero-order valence-corrected chi connectivity index (χ0v) is 19.9. The number of ketones is 1. The molecule has 1 aliphatic carbocycles. The van der Waals surface area contributed by atoms with Crippen LogP contribution in [0.25, 0.3) is 5.76 Å². The molecule has 2 aromatic carbocycles. The van der Waals surface area contributed by atoms with E-state index in [2.05, 4.69) is 0 Å². The van der Waals surface area contributed by atoms with Gasteiger partial charge in [0, 0.05) is 16.5 Å². The first-order valence-electron chi connectivity index (χ1n) is 11.7. The van der Waals surface area contributed by atoms with E-state index in [4.69, 9.17) is 4.74 Å². The maximum absolute atomic E-state index is 13.2. The van der Waals surface area contributed by atoms with Crippen molar-refractivity contribution in [2.24, 2.45) is 0 Å². The van der Waals surface area contributed by atoms with Gasteiger partial charge >= 0.3 is 0 Å². The molecule has 5 rings (SSSR count). The summed E-state index contributed by atoms with van der Waals surface area (Å²) >= 11 is 1.50. The van der Waals surface area contributed by atoms with Gasteiger partial charge in [-0.2, -0.15) is 0 Å². The van der Waals surface area contributed by atoms with E-state index in [9.17, 15) is 14.7 Å². The minimum absolute atomic E-state index is 0.0318. The molecule has 1 N–H and O–H groups in total. The molecule has 1 unspecified atom stereocenters. The number of benzene rings is 2. The normalized spacial score (nSPS) is 20.3. The van der Waals surface area contributed by atoms with Crippen molar-refractivity contribution in [3.63, 3.8) is 0 Å². The molecule has 2 aliphatic rings. The number of likely N-dealkylation sites (tertiary alicyclic amines) is 1. The maximum atomic E-state index is 13.2. The van der Waals surface area contributed by atoms with Crippen molar-refractivity contribution in [1.29, 1.82) is 0 Å². The number of thiophene rings is 1. The van der Waals surface area contributed by atoms with Gasteiger partial charge in [-0.1, -0.05) is 49.2 Å². The number of amides is 1. The Hall–Kier alpha value is -3.38. The molecule has 1 atom stereocenters. The van der Waals surface area contributed by atoms with Crippen LogP contribution in [0, 0.1) is 6.92 Å². The minimum atomic E-state index is -0.607. The van der Waals surface area contributed by atoms with Gasteiger partial charge in [0.05, 0.1) is 11.6 Å². The summed E-state index contributed by atoms with van der Waals surface area (Å²) < 4.78 is 5.96. The number of nitrogens with zero attached hydrogens (tertiary/aromatic N) is 1. The van der Waals surface area contributed by atoms with E-state index in [1.54, 1.807) is 17.0 Å². The van der Waals surface area contributed by atoms with Crippen molar-refractivity contribution in [2.45, 2.75) is 51.3 Å². The fourth-order valence-electron chi connectivity index (χ4n) is 4.98. The summed E-state index contributed by atoms with van der Waals surface area (Å²) in [7, 11) is 0. The highest BCUT2D eigenvalue weighted by atomic mass is 32.1. The smallest absolute Gasteiger partial charge is 0.295 e. The van der Waals surface area contributed by atoms with E-state index in [0.29, 0.717) is 17.9 Å². The third-order valence-electron chi connectivity index (χ3n) is 6.70. The number of Topliss-reactive ketones (excluding diaryl/α,β-unsaturated/α-hetero) is 1. The van der Waals surface area contributed by atoms with Crippen LogP contribution < -0.4 is 4.74 Å². The average molecular weight is 474 g/mol. The molecule has 6 heteroatoms. The summed E-state index contributed by atoms with van der Waals surface area (Å²) in [4.78, 5) is 28.9. The molecule has 0 radical (unpaired) electrons. The van der Waals surface area contributed by atoms with Gasteiger partial charge < -0.3 is 14.7 Å². The summed E-state index contributed by atoms with van der Waals surface area (Å²) in [5, 5.41) is 13.2. The molecule has 1 aromatic heterocycles. The zero-order valence-electron chi connectivity index (χ0n) is 19.1. The Labute approximate surface area is 203 Å². The van der Waals surface area contributed by atoms with Crippen LogP contribution in [0.2, 0.25) is 0 Å². The zero-order chi connectivity index (χ0) is 23.7. The lowest BCUT2D eigenvalue weighted by Gasteiger charge is -2.29. The Morgan fingerprint density at radius 3 is 2.50 bits per heavy atom. The number of aliphatic hydroxyl groups excluding tert-OH is 1. The Morgan fingerprint density at radius 2 is 1.82 bits per heavy atom. The summed E-state index contributed by atoms with van der Waals surface area (Å²) in [6.45, 7) is 2.35. The molecule has 34 heavy (non-hydrogen) atoms. The highest BCUT2D eigenvalue weighted by Gasteiger charge is 2.49. The number of carbonyl (C=O) groups excluding carboxylic acids is 2. The predicted octanol–water partition coefficient (Wildman–Crippen LogP) is 6.00. The van der Waals surface area contributed by atoms with Crippen LogP contribution >= 0.6 is 11.3 Å². The van der Waals surface area contributed by atoms with Crippen LogP contribution in [0.15, 0.2) is 71.6 Å². The lowest BCUT2D eigenvalue weighted by Crippen LogP contribution is -2.37. The topological polar surface area (TPSA) is 66.8 Å². The monoisotopic (exact) mass is 473 g/mol. The third-order valence-corrected chi connectivity index (χ3v) is 7.62. The van der Waals surface area contributed by atoms with Gasteiger partial charge in [0.1, 0.15) is 18.1 Å². The first-order chi connectivity index (χ1) is 16.5. The van der Waals surface area contributed by atoms with Gasteiger partial charge in [-0.05, 0) is 60.5 Å². The van der Waals surface area contributed by atoms with Crippen molar-refractivity contribution in [3.8, 4) is 5.75 Å². The SMILES string of the molecule is Cc1cc(/C(O)=C2/C(=O)C(=O)N(C3CCCC3)C2c2cccs2)ccc1OCc1ccccc1. The van der Waals surface area contributed by atoms with E-state index in [-0.39, 0.29) is 17.4 Å². The van der Waals surface area contributed by atoms with Crippen molar-refractivity contribution in [3.05, 3.63) is 93.2 Å². The second-order valence-corrected chi connectivity index (χ2v) is 9.89. The van der Waals surface area contributed by atoms with E-state index in [0.717, 1.165) is 41.7 Å². The van der Waals surface area contributed by atoms with Crippen LogP contribution in [-0.2, 0) is 16.2 Å². The van der Waals surface area contributed by atoms with E-state index in [1.807, 2.05) is 60.8 Å². The molecule has 5 nitrogen and oxygen atoms in total. The molecule has 0 bridgehead atoms. The Balaban J connectivity index is 1.48. The second-order valence-electron chi connectivity index (χ2n) is 8.91. The Morgan fingerprint density at radius 1 is 1.06 bits per heavy atom. The summed E-state index contributed by atoms with van der Waals surface area (Å²) in [5.74, 6) is -0.534. The van der Waals surface area contributed by atoms with E-state index < -0.39 is 17.7 Å². The molecule has 0 spiro atoms. The molecule has 3 aromatic rings. The van der Waals surface area contributed by atoms with Gasteiger partial charge in [-0.25, -0.2) is 0 Å². The number of aryl methyl sites for hydroxylation is 1. The lowest BCUT2D eigenvalue weighted by atomic mass is 9.98. The fraction of sp³-hybridized carbons (Fsp3) is 0.286. The second kappa shape index (κ2) is 9.47. The number of rotatable bonds is 6. The summed E-state index contributed by atoms with van der Waals surface area (Å²) in [6, 6.07) is 18.6. The van der Waals surface area contributed by atoms with Crippen LogP contribution in [-0.4, -0.2) is 27.7 Å². The number of aliphatic hydroxyl groups is 1. The highest BCUT2D eigenvalue weighted by molar-refractivity contribution is 7.10. The predicted molar refractivity (Wildman–Crippen MR) is 133 cm³/mol. The summed E-state index contributed by atoms with van der Waals surface area (Å²) in [6.07, 6.45) is 3.88. The Kier molecular flexibility index (Phi) is 6.24. The molecular weight excluding hydrogens is 446 g/mol. The quantitative estimate of drug-likeness (QED) is 0.271. The van der Waals surface area contributed by atoms with Crippen molar-refractivity contribution < 1.29 is 19.4 Å². The largest absolute Gasteiger partial charge is 0.507 e. The molecule has 1 saturated heterocycles. The minimum Gasteiger partial charge on any atom is -0.507 e. The van der Waals surface area contributed by atoms with Crippen molar-refractivity contribution >= 4 is 28.8 Å². The summed E-state index contributed by atoms with van der Waals surface area (Å²) in [5.41, 5.74) is 2.60. The van der Waals surface area contributed by atoms with Crippen LogP contribution in [0.4, 0.5) is 0 Å². The average Bonchev–Trinajstić information content (AvgIpc) is 3.61. The Bertz CT molecular complexity index is 1230. The molecule has 1 aliphatic heterocycles. The van der Waals surface area contributed by atoms with Gasteiger partial charge in [-0.15, -0.1) is 11.3 Å². The molecule has 1 amide bonds. The number of hydrogen-bond donors (Lipinski definition) is 1. The van der Waals surface area contributed by atoms with Gasteiger partial charge in [0.2, 0.25) is 0 Å².